The van der Waals surface area contributed by atoms with Gasteiger partial charge >= 0.3 is 0 Å². The van der Waals surface area contributed by atoms with Crippen molar-refractivity contribution >= 4 is 21.4 Å². The first kappa shape index (κ1) is 15.3. The monoisotopic (exact) mass is 344 g/mol. The van der Waals surface area contributed by atoms with Crippen molar-refractivity contribution < 1.29 is 9.47 Å². The van der Waals surface area contributed by atoms with Crippen molar-refractivity contribution in [2.75, 3.05) is 18.5 Å². The highest BCUT2D eigenvalue weighted by Crippen LogP contribution is 2.31. The molecule has 0 aliphatic carbocycles. The molecular formula is C17H20N4O2S. The van der Waals surface area contributed by atoms with Gasteiger partial charge in [-0.2, -0.15) is 0 Å². The number of ether oxygens (including phenoxy) is 2. The lowest BCUT2D eigenvalue weighted by Gasteiger charge is -2.26. The van der Waals surface area contributed by atoms with Crippen LogP contribution < -0.4 is 14.8 Å². The number of para-hydroxylation sites is 2. The van der Waals surface area contributed by atoms with E-state index in [0.717, 1.165) is 27.3 Å². The molecule has 7 heteroatoms. The van der Waals surface area contributed by atoms with Crippen LogP contribution in [0.15, 0.2) is 30.5 Å². The number of benzene rings is 1. The first-order valence-electron chi connectivity index (χ1n) is 7.98. The molecule has 24 heavy (non-hydrogen) atoms. The van der Waals surface area contributed by atoms with E-state index in [2.05, 4.69) is 36.2 Å². The predicted molar refractivity (Wildman–Crippen MR) is 94.4 cm³/mol. The molecule has 1 aliphatic rings. The molecule has 6 nitrogen and oxygen atoms in total. The summed E-state index contributed by atoms with van der Waals surface area (Å²) in [5.74, 6) is 1.59. The van der Waals surface area contributed by atoms with Gasteiger partial charge in [-0.25, -0.2) is 9.50 Å². The summed E-state index contributed by atoms with van der Waals surface area (Å²) >= 11 is 1.54. The van der Waals surface area contributed by atoms with E-state index < -0.39 is 0 Å². The molecule has 0 saturated carbocycles. The number of imidazole rings is 1. The highest BCUT2D eigenvalue weighted by molar-refractivity contribution is 7.20. The number of hydrogen-bond donors (Lipinski definition) is 1. The maximum absolute atomic E-state index is 5.94. The topological polar surface area (TPSA) is 60.7 Å². The van der Waals surface area contributed by atoms with Crippen LogP contribution in [0, 0.1) is 0 Å². The summed E-state index contributed by atoms with van der Waals surface area (Å²) in [5.41, 5.74) is 1.08. The second-order valence-corrected chi connectivity index (χ2v) is 7.84. The third-order valence-corrected chi connectivity index (χ3v) is 4.74. The third kappa shape index (κ3) is 2.91. The standard InChI is InChI=1S/C17H20N4O2S/c1-17(2,3)14-9-21-16(19-14)24-15(20-21)18-8-11-10-22-12-6-4-5-7-13(12)23-11/h4-7,9,11H,8,10H2,1-3H3,(H,18,20). The van der Waals surface area contributed by atoms with E-state index in [-0.39, 0.29) is 11.5 Å². The van der Waals surface area contributed by atoms with Crippen LogP contribution in [0.3, 0.4) is 0 Å². The van der Waals surface area contributed by atoms with Gasteiger partial charge in [0, 0.05) is 5.41 Å². The second-order valence-electron chi connectivity index (χ2n) is 6.89. The van der Waals surface area contributed by atoms with Gasteiger partial charge in [0.15, 0.2) is 11.5 Å². The van der Waals surface area contributed by atoms with Crippen LogP contribution in [0.25, 0.3) is 4.96 Å². The summed E-state index contributed by atoms with van der Waals surface area (Å²) in [5, 5.41) is 8.70. The maximum atomic E-state index is 5.94. The molecule has 1 aromatic carbocycles. The van der Waals surface area contributed by atoms with Crippen LogP contribution in [0.5, 0.6) is 11.5 Å². The average molecular weight is 344 g/mol. The van der Waals surface area contributed by atoms with Crippen LogP contribution in [-0.2, 0) is 5.41 Å². The number of rotatable bonds is 3. The van der Waals surface area contributed by atoms with Crippen molar-refractivity contribution in [3.8, 4) is 11.5 Å². The molecule has 3 aromatic rings. The van der Waals surface area contributed by atoms with Crippen molar-refractivity contribution in [2.24, 2.45) is 0 Å². The number of fused-ring (bicyclic) bond motifs is 2. The van der Waals surface area contributed by atoms with Gasteiger partial charge in [0.2, 0.25) is 10.1 Å². The summed E-state index contributed by atoms with van der Waals surface area (Å²) in [6, 6.07) is 7.73. The molecule has 0 fully saturated rings. The summed E-state index contributed by atoms with van der Waals surface area (Å²) in [6.07, 6.45) is 1.95. The molecule has 0 amide bonds. The van der Waals surface area contributed by atoms with Gasteiger partial charge in [-0.1, -0.05) is 44.2 Å². The minimum absolute atomic E-state index is 0.0294. The Hall–Kier alpha value is -2.28. The van der Waals surface area contributed by atoms with Crippen molar-refractivity contribution in [1.82, 2.24) is 14.6 Å². The molecule has 0 bridgehead atoms. The minimum Gasteiger partial charge on any atom is -0.486 e. The molecule has 126 valence electrons. The SMILES string of the molecule is CC(C)(C)c1cn2nc(NCC3COc4ccccc4O3)sc2n1. The zero-order chi connectivity index (χ0) is 16.7. The number of hydrogen-bond acceptors (Lipinski definition) is 6. The van der Waals surface area contributed by atoms with Crippen molar-refractivity contribution in [1.29, 1.82) is 0 Å². The Kier molecular flexibility index (Phi) is 3.60. The Morgan fingerprint density at radius 2 is 2.08 bits per heavy atom. The first-order chi connectivity index (χ1) is 11.5. The molecule has 1 unspecified atom stereocenters. The van der Waals surface area contributed by atoms with Gasteiger partial charge < -0.3 is 14.8 Å². The number of nitrogens with zero attached hydrogens (tertiary/aromatic N) is 3. The van der Waals surface area contributed by atoms with Crippen LogP contribution in [-0.4, -0.2) is 33.9 Å². The van der Waals surface area contributed by atoms with Crippen LogP contribution in [0.1, 0.15) is 26.5 Å². The van der Waals surface area contributed by atoms with E-state index in [4.69, 9.17) is 9.47 Å². The van der Waals surface area contributed by atoms with E-state index in [9.17, 15) is 0 Å². The molecular weight excluding hydrogens is 324 g/mol. The lowest BCUT2D eigenvalue weighted by molar-refractivity contribution is 0.0997. The van der Waals surface area contributed by atoms with Crippen LogP contribution in [0.2, 0.25) is 0 Å². The third-order valence-electron chi connectivity index (χ3n) is 3.86. The Bertz CT molecular complexity index is 833. The Morgan fingerprint density at radius 3 is 2.83 bits per heavy atom. The largest absolute Gasteiger partial charge is 0.486 e. The molecule has 0 radical (unpaired) electrons. The lowest BCUT2D eigenvalue weighted by Crippen LogP contribution is -2.35. The van der Waals surface area contributed by atoms with Crippen LogP contribution >= 0.6 is 11.3 Å². The van der Waals surface area contributed by atoms with Gasteiger partial charge in [-0.05, 0) is 12.1 Å². The van der Waals surface area contributed by atoms with E-state index >= 15 is 0 Å². The number of anilines is 1. The summed E-state index contributed by atoms with van der Waals surface area (Å²) in [7, 11) is 0. The van der Waals surface area contributed by atoms with Gasteiger partial charge in [-0.3, -0.25) is 0 Å². The molecule has 1 aliphatic heterocycles. The molecule has 2 aromatic heterocycles. The summed E-state index contributed by atoms with van der Waals surface area (Å²) in [4.78, 5) is 5.55. The quantitative estimate of drug-likeness (QED) is 0.790. The molecule has 1 atom stereocenters. The summed E-state index contributed by atoms with van der Waals surface area (Å²) < 4.78 is 13.5. The molecule has 0 spiro atoms. The Balaban J connectivity index is 1.41. The van der Waals surface area contributed by atoms with Gasteiger partial charge in [-0.15, -0.1) is 5.10 Å². The Labute approximate surface area is 144 Å². The van der Waals surface area contributed by atoms with E-state index in [0.29, 0.717) is 13.2 Å². The lowest BCUT2D eigenvalue weighted by atomic mass is 9.93. The highest BCUT2D eigenvalue weighted by Gasteiger charge is 2.22. The molecule has 4 rings (SSSR count). The van der Waals surface area contributed by atoms with E-state index in [1.54, 1.807) is 11.3 Å². The fraction of sp³-hybridized carbons (Fsp3) is 0.412. The highest BCUT2D eigenvalue weighted by atomic mass is 32.1. The normalized spacial score (nSPS) is 17.2. The Morgan fingerprint density at radius 1 is 1.29 bits per heavy atom. The zero-order valence-electron chi connectivity index (χ0n) is 13.9. The predicted octanol–water partition coefficient (Wildman–Crippen LogP) is 3.34. The second kappa shape index (κ2) is 5.66. The van der Waals surface area contributed by atoms with Gasteiger partial charge in [0.1, 0.15) is 12.7 Å². The molecule has 1 N–H and O–H groups in total. The molecule has 3 heterocycles. The van der Waals surface area contributed by atoms with Crippen molar-refractivity contribution in [3.63, 3.8) is 0 Å². The van der Waals surface area contributed by atoms with Crippen LogP contribution in [0.4, 0.5) is 5.13 Å². The first-order valence-corrected chi connectivity index (χ1v) is 8.80. The fourth-order valence-electron chi connectivity index (χ4n) is 2.50. The van der Waals surface area contributed by atoms with Gasteiger partial charge in [0.05, 0.1) is 18.4 Å². The summed E-state index contributed by atoms with van der Waals surface area (Å²) in [6.45, 7) is 7.61. The minimum atomic E-state index is -0.0405. The van der Waals surface area contributed by atoms with E-state index in [1.807, 2.05) is 35.0 Å². The fourth-order valence-corrected chi connectivity index (χ4v) is 3.29. The van der Waals surface area contributed by atoms with Crippen molar-refractivity contribution in [2.45, 2.75) is 32.3 Å². The number of aromatic nitrogens is 3. The molecule has 0 saturated heterocycles. The average Bonchev–Trinajstić information content (AvgIpc) is 3.11. The van der Waals surface area contributed by atoms with Crippen molar-refractivity contribution in [3.05, 3.63) is 36.2 Å². The zero-order valence-corrected chi connectivity index (χ0v) is 14.8. The van der Waals surface area contributed by atoms with E-state index in [1.165, 1.54) is 0 Å². The smallest absolute Gasteiger partial charge is 0.214 e. The van der Waals surface area contributed by atoms with Gasteiger partial charge in [0.25, 0.3) is 0 Å². The number of nitrogens with one attached hydrogen (secondary N) is 1. The maximum Gasteiger partial charge on any atom is 0.214 e.